The Morgan fingerprint density at radius 1 is 1.25 bits per heavy atom. The van der Waals surface area contributed by atoms with Crippen LogP contribution in [0.4, 0.5) is 0 Å². The molecule has 1 aliphatic rings. The molecule has 24 heavy (non-hydrogen) atoms. The molecule has 0 amide bonds. The minimum Gasteiger partial charge on any atom is -0.542 e. The van der Waals surface area contributed by atoms with Crippen molar-refractivity contribution in [3.63, 3.8) is 0 Å². The molecular weight excluding hydrogens is 305 g/mol. The molecule has 0 spiro atoms. The van der Waals surface area contributed by atoms with Gasteiger partial charge in [-0.3, -0.25) is 0 Å². The van der Waals surface area contributed by atoms with Crippen molar-refractivity contribution in [3.8, 4) is 22.9 Å². The molecule has 124 valence electrons. The number of nitrogens with zero attached hydrogens (tertiary/aromatic N) is 1. The molecule has 1 aromatic carbocycles. The van der Waals surface area contributed by atoms with E-state index in [2.05, 4.69) is 4.98 Å². The number of allylic oxidation sites excluding steroid dienone is 1. The Morgan fingerprint density at radius 3 is 2.79 bits per heavy atom. The van der Waals surface area contributed by atoms with E-state index < -0.39 is 7.12 Å². The van der Waals surface area contributed by atoms with E-state index in [1.165, 1.54) is 0 Å². The molecule has 2 aromatic rings. The van der Waals surface area contributed by atoms with E-state index >= 15 is 0 Å². The van der Waals surface area contributed by atoms with Crippen LogP contribution in [0.2, 0.25) is 6.32 Å². The molecule has 5 nitrogen and oxygen atoms in total. The van der Waals surface area contributed by atoms with Crippen LogP contribution in [0.25, 0.3) is 16.8 Å². The Morgan fingerprint density at radius 2 is 2.08 bits per heavy atom. The van der Waals surface area contributed by atoms with Crippen LogP contribution in [0.15, 0.2) is 42.7 Å². The molecular formula is C18H20BNO4. The highest BCUT2D eigenvalue weighted by Gasteiger charge is 2.23. The zero-order valence-corrected chi connectivity index (χ0v) is 13.9. The summed E-state index contributed by atoms with van der Waals surface area (Å²) in [5.74, 6) is 1.12. The second kappa shape index (κ2) is 7.40. The van der Waals surface area contributed by atoms with Gasteiger partial charge in [-0.2, -0.15) is 0 Å². The first-order valence-electron chi connectivity index (χ1n) is 8.02. The second-order valence-corrected chi connectivity index (χ2v) is 5.57. The average Bonchev–Trinajstić information content (AvgIpc) is 3.06. The summed E-state index contributed by atoms with van der Waals surface area (Å²) in [5.41, 5.74) is 3.76. The van der Waals surface area contributed by atoms with Gasteiger partial charge in [0.2, 0.25) is 0 Å². The van der Waals surface area contributed by atoms with Crippen molar-refractivity contribution < 1.29 is 19.2 Å². The molecule has 3 rings (SSSR count). The van der Waals surface area contributed by atoms with Gasteiger partial charge in [0.1, 0.15) is 0 Å². The number of rotatable bonds is 6. The fourth-order valence-corrected chi connectivity index (χ4v) is 2.56. The molecule has 0 saturated heterocycles. The van der Waals surface area contributed by atoms with Crippen molar-refractivity contribution in [1.29, 1.82) is 0 Å². The van der Waals surface area contributed by atoms with E-state index in [9.17, 15) is 5.02 Å². The summed E-state index contributed by atoms with van der Waals surface area (Å²) >= 11 is 0. The highest BCUT2D eigenvalue weighted by atomic mass is 16.5. The molecule has 6 heteroatoms. The summed E-state index contributed by atoms with van der Waals surface area (Å²) in [7, 11) is 0.852. The fraction of sp³-hybridized carbons (Fsp3) is 0.278. The molecule has 1 aromatic heterocycles. The molecule has 0 radical (unpaired) electrons. The summed E-state index contributed by atoms with van der Waals surface area (Å²) in [5, 5.41) is 9.51. The Hall–Kier alpha value is -2.47. The van der Waals surface area contributed by atoms with Gasteiger partial charge in [-0.15, -0.1) is 0 Å². The summed E-state index contributed by atoms with van der Waals surface area (Å²) in [6.45, 7) is 2.64. The highest BCUT2D eigenvalue weighted by molar-refractivity contribution is 6.47. The SMILES string of the molecule is CCCOc1nc(-c2cccc(C3=COB(O)C3)c2)ccc1OC. The number of hydrogen-bond donors (Lipinski definition) is 1. The molecule has 0 fully saturated rings. The fourth-order valence-electron chi connectivity index (χ4n) is 2.56. The van der Waals surface area contributed by atoms with Gasteiger partial charge >= 0.3 is 7.12 Å². The van der Waals surface area contributed by atoms with Crippen LogP contribution in [0, 0.1) is 0 Å². The average molecular weight is 325 g/mol. The van der Waals surface area contributed by atoms with Crippen molar-refractivity contribution in [1.82, 2.24) is 4.98 Å². The summed E-state index contributed by atoms with van der Waals surface area (Å²) in [6.07, 6.45) is 3.01. The topological polar surface area (TPSA) is 60.8 Å². The Labute approximate surface area is 142 Å². The van der Waals surface area contributed by atoms with Crippen LogP contribution in [-0.4, -0.2) is 30.8 Å². The number of benzene rings is 1. The summed E-state index contributed by atoms with van der Waals surface area (Å²) in [4.78, 5) is 4.59. The summed E-state index contributed by atoms with van der Waals surface area (Å²) in [6, 6.07) is 11.8. The minimum atomic E-state index is -0.753. The van der Waals surface area contributed by atoms with Crippen LogP contribution in [0.3, 0.4) is 0 Å². The van der Waals surface area contributed by atoms with E-state index in [0.29, 0.717) is 24.6 Å². The number of methoxy groups -OCH3 is 1. The Balaban J connectivity index is 1.91. The van der Waals surface area contributed by atoms with Crippen molar-refractivity contribution >= 4 is 12.7 Å². The maximum absolute atomic E-state index is 9.51. The monoisotopic (exact) mass is 325 g/mol. The van der Waals surface area contributed by atoms with Crippen LogP contribution in [-0.2, 0) is 4.65 Å². The molecule has 1 N–H and O–H groups in total. The van der Waals surface area contributed by atoms with Gasteiger partial charge in [0, 0.05) is 11.9 Å². The van der Waals surface area contributed by atoms with Gasteiger partial charge in [0.05, 0.1) is 25.7 Å². The van der Waals surface area contributed by atoms with Crippen LogP contribution >= 0.6 is 0 Å². The van der Waals surface area contributed by atoms with E-state index in [1.54, 1.807) is 13.4 Å². The van der Waals surface area contributed by atoms with Gasteiger partial charge in [-0.1, -0.05) is 25.1 Å². The second-order valence-electron chi connectivity index (χ2n) is 5.57. The van der Waals surface area contributed by atoms with Crippen LogP contribution in [0.1, 0.15) is 18.9 Å². The van der Waals surface area contributed by atoms with Crippen molar-refractivity contribution in [3.05, 3.63) is 48.2 Å². The maximum atomic E-state index is 9.51. The van der Waals surface area contributed by atoms with Gasteiger partial charge < -0.3 is 19.2 Å². The lowest BCUT2D eigenvalue weighted by Crippen LogP contribution is -2.08. The van der Waals surface area contributed by atoms with Gasteiger partial charge in [-0.25, -0.2) is 4.98 Å². The predicted molar refractivity (Wildman–Crippen MR) is 93.9 cm³/mol. The molecule has 1 aliphatic heterocycles. The third-order valence-corrected chi connectivity index (χ3v) is 3.78. The molecule has 0 atom stereocenters. The third-order valence-electron chi connectivity index (χ3n) is 3.78. The molecule has 0 saturated carbocycles. The van der Waals surface area contributed by atoms with Crippen LogP contribution in [0.5, 0.6) is 11.6 Å². The quantitative estimate of drug-likeness (QED) is 0.825. The first-order valence-corrected chi connectivity index (χ1v) is 8.02. The van der Waals surface area contributed by atoms with Gasteiger partial charge in [-0.05, 0) is 35.8 Å². The normalized spacial score (nSPS) is 13.5. The molecule has 2 heterocycles. The van der Waals surface area contributed by atoms with E-state index in [-0.39, 0.29) is 0 Å². The van der Waals surface area contributed by atoms with Crippen molar-refractivity contribution in [2.45, 2.75) is 19.7 Å². The Bertz CT molecular complexity index is 748. The standard InChI is InChI=1S/C18H20BNO4/c1-3-9-23-18-17(22-2)8-7-16(20-18)14-6-4-5-13(10-14)15-11-19(21)24-12-15/h4-8,10,12,21H,3,9,11H2,1-2H3. The van der Waals surface area contributed by atoms with E-state index in [0.717, 1.165) is 28.8 Å². The smallest absolute Gasteiger partial charge is 0.526 e. The van der Waals surface area contributed by atoms with Crippen molar-refractivity contribution in [2.24, 2.45) is 0 Å². The molecule has 0 unspecified atom stereocenters. The summed E-state index contributed by atoms with van der Waals surface area (Å²) < 4.78 is 16.1. The number of aromatic nitrogens is 1. The van der Waals surface area contributed by atoms with E-state index in [1.807, 2.05) is 43.3 Å². The number of ether oxygens (including phenoxy) is 2. The molecule has 0 aliphatic carbocycles. The highest BCUT2D eigenvalue weighted by Crippen LogP contribution is 2.32. The van der Waals surface area contributed by atoms with Gasteiger partial charge in [0.25, 0.3) is 5.88 Å². The number of pyridine rings is 1. The first kappa shape index (κ1) is 16.4. The van der Waals surface area contributed by atoms with E-state index in [4.69, 9.17) is 14.1 Å². The number of hydrogen-bond acceptors (Lipinski definition) is 5. The minimum absolute atomic E-state index is 0.490. The zero-order chi connectivity index (χ0) is 16.9. The third kappa shape index (κ3) is 3.54. The lowest BCUT2D eigenvalue weighted by atomic mass is 9.82. The molecule has 0 bridgehead atoms. The Kier molecular flexibility index (Phi) is 5.06. The largest absolute Gasteiger partial charge is 0.542 e. The lowest BCUT2D eigenvalue weighted by molar-refractivity contribution is 0.283. The lowest BCUT2D eigenvalue weighted by Gasteiger charge is -2.11. The van der Waals surface area contributed by atoms with Gasteiger partial charge in [0.15, 0.2) is 5.75 Å². The first-order chi connectivity index (χ1) is 11.7. The van der Waals surface area contributed by atoms with Crippen molar-refractivity contribution in [2.75, 3.05) is 13.7 Å². The zero-order valence-electron chi connectivity index (χ0n) is 13.9. The van der Waals surface area contributed by atoms with Crippen LogP contribution < -0.4 is 9.47 Å². The predicted octanol–water partition coefficient (Wildman–Crippen LogP) is 3.40. The maximum Gasteiger partial charge on any atom is 0.526 e.